The molecule has 1 saturated heterocycles. The molecule has 5 aromatic rings. The first kappa shape index (κ1) is 35.4. The fourth-order valence-corrected chi connectivity index (χ4v) is 7.63. The van der Waals surface area contributed by atoms with E-state index in [9.17, 15) is 18.8 Å². The number of nitrogens with zero attached hydrogens (tertiary/aromatic N) is 5. The van der Waals surface area contributed by atoms with Gasteiger partial charge in [-0.15, -0.1) is 0 Å². The second-order valence-corrected chi connectivity index (χ2v) is 14.3. The second-order valence-electron chi connectivity index (χ2n) is 14.3. The predicted octanol–water partition coefficient (Wildman–Crippen LogP) is 4.66. The molecule has 7 rings (SSSR count). The summed E-state index contributed by atoms with van der Waals surface area (Å²) in [6, 6.07) is 25.6. The minimum atomic E-state index is -0.682. The smallest absolute Gasteiger partial charge is 0.337 e. The molecule has 2 aliphatic rings. The zero-order valence-electron chi connectivity index (χ0n) is 29.6. The zero-order valence-corrected chi connectivity index (χ0v) is 29.6. The fourth-order valence-electron chi connectivity index (χ4n) is 7.63. The van der Waals surface area contributed by atoms with Crippen LogP contribution in [0.2, 0.25) is 0 Å². The van der Waals surface area contributed by atoms with E-state index in [-0.39, 0.29) is 23.0 Å². The summed E-state index contributed by atoms with van der Waals surface area (Å²) in [5, 5.41) is 3.10. The van der Waals surface area contributed by atoms with Crippen LogP contribution in [0.4, 0.5) is 4.39 Å². The maximum atomic E-state index is 14.6. The summed E-state index contributed by atoms with van der Waals surface area (Å²) in [5.74, 6) is -0.875. The van der Waals surface area contributed by atoms with Crippen molar-refractivity contribution in [1.82, 2.24) is 29.2 Å². The third-order valence-corrected chi connectivity index (χ3v) is 10.5. The lowest BCUT2D eigenvalue weighted by Crippen LogP contribution is -2.49. The van der Waals surface area contributed by atoms with Crippen LogP contribution in [0.5, 0.6) is 0 Å². The molecule has 0 bridgehead atoms. The van der Waals surface area contributed by atoms with Crippen molar-refractivity contribution in [3.05, 3.63) is 129 Å². The minimum Gasteiger partial charge on any atom is -0.352 e. The van der Waals surface area contributed by atoms with E-state index in [2.05, 4.69) is 51.4 Å². The van der Waals surface area contributed by atoms with Gasteiger partial charge in [-0.05, 0) is 99.1 Å². The van der Waals surface area contributed by atoms with Crippen molar-refractivity contribution in [2.45, 2.75) is 63.2 Å². The highest BCUT2D eigenvalue weighted by molar-refractivity contribution is 5.82. The first-order chi connectivity index (χ1) is 25.2. The largest absolute Gasteiger partial charge is 0.352 e. The number of aromatic nitrogens is 3. The second kappa shape index (κ2) is 15.7. The van der Waals surface area contributed by atoms with Gasteiger partial charge in [-0.1, -0.05) is 66.7 Å². The van der Waals surface area contributed by atoms with Crippen molar-refractivity contribution in [2.75, 3.05) is 33.2 Å². The Hall–Kier alpha value is -4.97. The van der Waals surface area contributed by atoms with Crippen LogP contribution < -0.4 is 22.3 Å². The van der Waals surface area contributed by atoms with Crippen LogP contribution in [0, 0.1) is 5.82 Å². The molecule has 11 heteroatoms. The van der Waals surface area contributed by atoms with Crippen molar-refractivity contribution in [2.24, 2.45) is 5.73 Å². The van der Waals surface area contributed by atoms with Gasteiger partial charge in [-0.3, -0.25) is 19.1 Å². The van der Waals surface area contributed by atoms with Gasteiger partial charge < -0.3 is 16.0 Å². The molecular formula is C41H46FN7O3. The number of pyridine rings is 1. The van der Waals surface area contributed by atoms with Crippen molar-refractivity contribution in [3.63, 3.8) is 0 Å². The summed E-state index contributed by atoms with van der Waals surface area (Å²) in [6.07, 6.45) is 4.74. The van der Waals surface area contributed by atoms with E-state index in [1.807, 2.05) is 48.5 Å². The average molecular weight is 704 g/mol. The Balaban J connectivity index is 1.11. The minimum absolute atomic E-state index is 0.0383. The highest BCUT2D eigenvalue weighted by Crippen LogP contribution is 2.28. The molecule has 52 heavy (non-hydrogen) atoms. The monoisotopic (exact) mass is 703 g/mol. The van der Waals surface area contributed by atoms with Crippen molar-refractivity contribution >= 4 is 16.9 Å². The lowest BCUT2D eigenvalue weighted by molar-refractivity contribution is -0.123. The molecule has 1 atom stereocenters. The van der Waals surface area contributed by atoms with Gasteiger partial charge in [-0.25, -0.2) is 18.7 Å². The topological polar surface area (TPSA) is 118 Å². The third-order valence-electron chi connectivity index (χ3n) is 10.5. The number of halogens is 1. The molecule has 2 fully saturated rings. The Kier molecular flexibility index (Phi) is 10.7. The number of carbonyl (C=O) groups excluding carboxylic acids is 1. The Labute approximate surface area is 302 Å². The van der Waals surface area contributed by atoms with Crippen LogP contribution in [-0.2, 0) is 17.8 Å². The standard InChI is InChI=1S/C41H46FN7O3/c1-46-19-6-20-47(22-21-46)27-29-11-13-30(14-12-29)31-9-5-10-35(24-31)48-38-36(25-32(42)26-44-38)40(51)49(41(48)52)34-17-15-33(16-18-34)45-39(50)37(43)23-28-7-3-2-4-8-28/h2-5,7-14,24-26,33-34,37H,6,15-23,27,43H2,1H3,(H,45,50)/t33?,34?,37-/m0/s1. The van der Waals surface area contributed by atoms with Crippen molar-refractivity contribution < 1.29 is 9.18 Å². The van der Waals surface area contributed by atoms with Crippen LogP contribution in [-0.4, -0.2) is 75.1 Å². The molecule has 0 radical (unpaired) electrons. The van der Waals surface area contributed by atoms with Gasteiger partial charge in [-0.2, -0.15) is 0 Å². The highest BCUT2D eigenvalue weighted by atomic mass is 19.1. The van der Waals surface area contributed by atoms with E-state index in [0.29, 0.717) is 37.8 Å². The molecule has 1 saturated carbocycles. The van der Waals surface area contributed by atoms with Gasteiger partial charge >= 0.3 is 5.69 Å². The van der Waals surface area contributed by atoms with Crippen molar-refractivity contribution in [1.29, 1.82) is 0 Å². The van der Waals surface area contributed by atoms with E-state index in [1.54, 1.807) is 6.07 Å². The van der Waals surface area contributed by atoms with Gasteiger partial charge in [0.1, 0.15) is 5.82 Å². The van der Waals surface area contributed by atoms with Gasteiger partial charge in [0.2, 0.25) is 5.91 Å². The first-order valence-corrected chi connectivity index (χ1v) is 18.3. The molecule has 1 amide bonds. The first-order valence-electron chi connectivity index (χ1n) is 18.3. The quantitative estimate of drug-likeness (QED) is 0.229. The molecule has 2 aromatic heterocycles. The van der Waals surface area contributed by atoms with Crippen LogP contribution in [0.3, 0.4) is 0 Å². The Morgan fingerprint density at radius 1 is 0.885 bits per heavy atom. The van der Waals surface area contributed by atoms with Crippen LogP contribution in [0.15, 0.2) is 101 Å². The highest BCUT2D eigenvalue weighted by Gasteiger charge is 2.29. The molecule has 0 unspecified atom stereocenters. The molecule has 3 heterocycles. The lowest BCUT2D eigenvalue weighted by Gasteiger charge is -2.31. The summed E-state index contributed by atoms with van der Waals surface area (Å²) in [7, 11) is 2.17. The Morgan fingerprint density at radius 2 is 1.65 bits per heavy atom. The molecule has 270 valence electrons. The number of nitrogens with two attached hydrogens (primary N) is 1. The van der Waals surface area contributed by atoms with Gasteiger partial charge in [0.05, 0.1) is 23.3 Å². The number of rotatable bonds is 9. The maximum Gasteiger partial charge on any atom is 0.337 e. The molecule has 3 N–H and O–H groups in total. The average Bonchev–Trinajstić information content (AvgIpc) is 3.36. The van der Waals surface area contributed by atoms with Crippen LogP contribution in [0.1, 0.15) is 49.3 Å². The predicted molar refractivity (Wildman–Crippen MR) is 202 cm³/mol. The number of hydrogen-bond acceptors (Lipinski definition) is 7. The number of amides is 1. The Morgan fingerprint density at radius 3 is 2.42 bits per heavy atom. The zero-order chi connectivity index (χ0) is 36.2. The lowest BCUT2D eigenvalue weighted by atomic mass is 9.90. The van der Waals surface area contributed by atoms with Crippen LogP contribution >= 0.6 is 0 Å². The van der Waals surface area contributed by atoms with E-state index >= 15 is 0 Å². The maximum absolute atomic E-state index is 14.6. The number of hydrogen-bond donors (Lipinski definition) is 2. The van der Waals surface area contributed by atoms with E-state index in [1.165, 1.54) is 14.7 Å². The number of benzene rings is 3. The molecule has 0 spiro atoms. The van der Waals surface area contributed by atoms with Crippen molar-refractivity contribution in [3.8, 4) is 16.8 Å². The van der Waals surface area contributed by atoms with E-state index in [4.69, 9.17) is 5.73 Å². The number of fused-ring (bicyclic) bond motifs is 1. The van der Waals surface area contributed by atoms with E-state index in [0.717, 1.165) is 68.1 Å². The summed E-state index contributed by atoms with van der Waals surface area (Å²) in [4.78, 5) is 50.2. The molecule has 10 nitrogen and oxygen atoms in total. The van der Waals surface area contributed by atoms with Gasteiger partial charge in [0.25, 0.3) is 5.56 Å². The molecule has 1 aliphatic heterocycles. The Bertz CT molecular complexity index is 2140. The number of nitrogens with one attached hydrogen (secondary N) is 1. The van der Waals surface area contributed by atoms with Gasteiger partial charge in [0.15, 0.2) is 5.65 Å². The molecule has 3 aromatic carbocycles. The number of likely N-dealkylation sites (N-methyl/N-ethyl adjacent to an activating group) is 1. The number of carbonyl (C=O) groups is 1. The third kappa shape index (κ3) is 7.91. The summed E-state index contributed by atoms with van der Waals surface area (Å²) in [6.45, 7) is 5.22. The molecular weight excluding hydrogens is 657 g/mol. The molecule has 1 aliphatic carbocycles. The van der Waals surface area contributed by atoms with Crippen LogP contribution in [0.25, 0.3) is 27.8 Å². The summed E-state index contributed by atoms with van der Waals surface area (Å²) in [5.41, 5.74) is 9.90. The SMILES string of the molecule is CN1CCCN(Cc2ccc(-c3cccc(-n4c(=O)n(C5CCC(NC(=O)[C@@H](N)Cc6ccccc6)CC5)c(=O)c5cc(F)cnc54)c3)cc2)CC1. The van der Waals surface area contributed by atoms with E-state index < -0.39 is 29.1 Å². The van der Waals surface area contributed by atoms with Gasteiger partial charge in [0, 0.05) is 31.7 Å². The summed E-state index contributed by atoms with van der Waals surface area (Å²) >= 11 is 0. The summed E-state index contributed by atoms with van der Waals surface area (Å²) < 4.78 is 17.2. The fraction of sp³-hybridized carbons (Fsp3) is 0.366. The normalized spacial score (nSPS) is 19.3.